The number of aliphatic hydroxyl groups excluding tert-OH is 1. The lowest BCUT2D eigenvalue weighted by molar-refractivity contribution is -0.417. The summed E-state index contributed by atoms with van der Waals surface area (Å²) in [7, 11) is 0. The lowest BCUT2D eigenvalue weighted by Crippen LogP contribution is -2.43. The maximum Gasteiger partial charge on any atom is 0.488 e. The summed E-state index contributed by atoms with van der Waals surface area (Å²) in [4.78, 5) is 11.4. The number of alkyl halides is 3. The molecule has 0 bridgehead atoms. The molecule has 1 rings (SSSR count). The number of aliphatic imine (C=N–C) groups is 1. The van der Waals surface area contributed by atoms with Gasteiger partial charge in [0.1, 0.15) is 6.21 Å². The Morgan fingerprint density at radius 3 is 2.64 bits per heavy atom. The van der Waals surface area contributed by atoms with Gasteiger partial charge < -0.3 is 5.11 Å². The molecule has 0 amide bonds. The second kappa shape index (κ2) is 3.25. The van der Waals surface area contributed by atoms with E-state index >= 15 is 0 Å². The number of nitrogens with zero attached hydrogens (tertiary/aromatic N) is 3. The second-order valence-corrected chi connectivity index (χ2v) is 2.31. The van der Waals surface area contributed by atoms with E-state index in [4.69, 9.17) is 5.11 Å². The Morgan fingerprint density at radius 1 is 1.64 bits per heavy atom. The first-order valence-corrected chi connectivity index (χ1v) is 3.25. The van der Waals surface area contributed by atoms with Crippen LogP contribution < -0.4 is 0 Å². The fourth-order valence-electron chi connectivity index (χ4n) is 0.756. The van der Waals surface area contributed by atoms with Crippen LogP contribution in [0.2, 0.25) is 0 Å². The summed E-state index contributed by atoms with van der Waals surface area (Å²) in [6.45, 7) is 0. The molecule has 1 unspecified atom stereocenters. The van der Waals surface area contributed by atoms with Crippen molar-refractivity contribution in [3.05, 3.63) is 22.0 Å². The fourth-order valence-corrected chi connectivity index (χ4v) is 0.756. The van der Waals surface area contributed by atoms with Crippen LogP contribution in [0.1, 0.15) is 0 Å². The zero-order chi connectivity index (χ0) is 10.9. The van der Waals surface area contributed by atoms with Gasteiger partial charge in [0, 0.05) is 0 Å². The van der Waals surface area contributed by atoms with Gasteiger partial charge in [-0.25, -0.2) is 9.89 Å². The van der Waals surface area contributed by atoms with Crippen LogP contribution in [0, 0.1) is 10.1 Å². The molecule has 0 aromatic heterocycles. The van der Waals surface area contributed by atoms with Gasteiger partial charge in [0.05, 0.1) is 11.1 Å². The Bertz CT molecular complexity index is 311. The van der Waals surface area contributed by atoms with E-state index in [1.807, 2.05) is 0 Å². The SMILES string of the molecule is O=[N+]([O-])C1=CN(C(F)(F)F)C(O)N=C1. The third kappa shape index (κ3) is 1.99. The van der Waals surface area contributed by atoms with Gasteiger partial charge in [0.25, 0.3) is 0 Å². The van der Waals surface area contributed by atoms with Crippen molar-refractivity contribution in [2.75, 3.05) is 0 Å². The molecule has 0 aromatic carbocycles. The summed E-state index contributed by atoms with van der Waals surface area (Å²) >= 11 is 0. The molecule has 0 fully saturated rings. The Kier molecular flexibility index (Phi) is 2.43. The Hall–Kier alpha value is -1.64. The van der Waals surface area contributed by atoms with Crippen LogP contribution in [0.5, 0.6) is 0 Å². The maximum atomic E-state index is 12.1. The summed E-state index contributed by atoms with van der Waals surface area (Å²) in [5.74, 6) is 0. The zero-order valence-corrected chi connectivity index (χ0v) is 6.47. The molecule has 0 radical (unpaired) electrons. The number of hydrogen-bond acceptors (Lipinski definition) is 5. The van der Waals surface area contributed by atoms with Gasteiger partial charge in [-0.05, 0) is 0 Å². The largest absolute Gasteiger partial charge is 0.488 e. The highest BCUT2D eigenvalue weighted by atomic mass is 19.4. The van der Waals surface area contributed by atoms with E-state index in [1.54, 1.807) is 0 Å². The van der Waals surface area contributed by atoms with Crippen molar-refractivity contribution in [2.24, 2.45) is 4.99 Å². The standard InChI is InChI=1S/C5H4F3N3O3/c6-5(7,8)10-2-3(11(13)14)1-9-4(10)12/h1-2,4,12H. The van der Waals surface area contributed by atoms with Crippen molar-refractivity contribution in [3.8, 4) is 0 Å². The molecule has 78 valence electrons. The van der Waals surface area contributed by atoms with Gasteiger partial charge in [-0.2, -0.15) is 0 Å². The number of allylic oxidation sites excluding steroid dienone is 1. The van der Waals surface area contributed by atoms with Crippen LogP contribution in [-0.2, 0) is 0 Å². The van der Waals surface area contributed by atoms with Gasteiger partial charge in [-0.1, -0.05) is 0 Å². The molecule has 0 saturated carbocycles. The van der Waals surface area contributed by atoms with Gasteiger partial charge in [-0.3, -0.25) is 10.1 Å². The molecule has 0 aliphatic carbocycles. The normalized spacial score (nSPS) is 22.1. The summed E-state index contributed by atoms with van der Waals surface area (Å²) in [5, 5.41) is 18.8. The molecule has 0 saturated heterocycles. The number of aliphatic hydroxyl groups is 1. The minimum atomic E-state index is -4.90. The molecule has 0 aromatic rings. The van der Waals surface area contributed by atoms with Crippen molar-refractivity contribution < 1.29 is 23.2 Å². The smallest absolute Gasteiger partial charge is 0.355 e. The maximum absolute atomic E-state index is 12.1. The third-order valence-electron chi connectivity index (χ3n) is 1.36. The van der Waals surface area contributed by atoms with E-state index in [0.29, 0.717) is 6.21 Å². The average Bonchev–Trinajstić information content (AvgIpc) is 2.02. The molecular formula is C5H4F3N3O3. The lowest BCUT2D eigenvalue weighted by Gasteiger charge is -2.26. The fraction of sp³-hybridized carbons (Fsp3) is 0.400. The van der Waals surface area contributed by atoms with Crippen molar-refractivity contribution in [3.63, 3.8) is 0 Å². The zero-order valence-electron chi connectivity index (χ0n) is 6.47. The van der Waals surface area contributed by atoms with Gasteiger partial charge in [-0.15, -0.1) is 13.2 Å². The first kappa shape index (κ1) is 10.4. The van der Waals surface area contributed by atoms with Crippen molar-refractivity contribution in [2.45, 2.75) is 12.7 Å². The minimum Gasteiger partial charge on any atom is -0.355 e. The first-order valence-electron chi connectivity index (χ1n) is 3.25. The molecular weight excluding hydrogens is 207 g/mol. The molecule has 14 heavy (non-hydrogen) atoms. The monoisotopic (exact) mass is 211 g/mol. The molecule has 1 heterocycles. The Labute approximate surface area is 75.1 Å². The quantitative estimate of drug-likeness (QED) is 0.384. The lowest BCUT2D eigenvalue weighted by atomic mass is 10.4. The van der Waals surface area contributed by atoms with E-state index in [1.165, 1.54) is 0 Å². The summed E-state index contributed by atoms with van der Waals surface area (Å²) in [6.07, 6.45) is -6.33. The van der Waals surface area contributed by atoms with E-state index in [2.05, 4.69) is 4.99 Å². The summed E-state index contributed by atoms with van der Waals surface area (Å²) < 4.78 is 36.2. The van der Waals surface area contributed by atoms with Crippen LogP contribution in [-0.4, -0.2) is 33.8 Å². The summed E-state index contributed by atoms with van der Waals surface area (Å²) in [5.41, 5.74) is -0.840. The molecule has 1 atom stereocenters. The highest BCUT2D eigenvalue weighted by Crippen LogP contribution is 2.26. The van der Waals surface area contributed by atoms with Crippen LogP contribution in [0.15, 0.2) is 16.9 Å². The number of hydrogen-bond donors (Lipinski definition) is 1. The number of halogens is 3. The predicted molar refractivity (Wildman–Crippen MR) is 37.5 cm³/mol. The van der Waals surface area contributed by atoms with Crippen molar-refractivity contribution in [1.29, 1.82) is 0 Å². The van der Waals surface area contributed by atoms with E-state index in [0.717, 1.165) is 0 Å². The second-order valence-electron chi connectivity index (χ2n) is 2.31. The first-order chi connectivity index (χ1) is 6.32. The van der Waals surface area contributed by atoms with Gasteiger partial charge in [0.2, 0.25) is 6.35 Å². The van der Waals surface area contributed by atoms with Gasteiger partial charge >= 0.3 is 12.0 Å². The van der Waals surface area contributed by atoms with Crippen molar-refractivity contribution in [1.82, 2.24) is 4.90 Å². The van der Waals surface area contributed by atoms with Crippen LogP contribution in [0.25, 0.3) is 0 Å². The Balaban J connectivity index is 2.97. The van der Waals surface area contributed by atoms with Gasteiger partial charge in [0.15, 0.2) is 0 Å². The molecule has 1 aliphatic rings. The van der Waals surface area contributed by atoms with E-state index < -0.39 is 28.2 Å². The molecule has 9 heteroatoms. The topological polar surface area (TPSA) is 79.0 Å². The molecule has 0 spiro atoms. The minimum absolute atomic E-state index is 0.178. The summed E-state index contributed by atoms with van der Waals surface area (Å²) in [6, 6.07) is 0. The molecule has 6 nitrogen and oxygen atoms in total. The van der Waals surface area contributed by atoms with Crippen LogP contribution >= 0.6 is 0 Å². The Morgan fingerprint density at radius 2 is 2.21 bits per heavy atom. The van der Waals surface area contributed by atoms with Crippen LogP contribution in [0.3, 0.4) is 0 Å². The average molecular weight is 211 g/mol. The highest BCUT2D eigenvalue weighted by molar-refractivity contribution is 5.76. The van der Waals surface area contributed by atoms with E-state index in [9.17, 15) is 23.3 Å². The number of rotatable bonds is 1. The third-order valence-corrected chi connectivity index (χ3v) is 1.36. The molecule has 1 aliphatic heterocycles. The number of nitro groups is 1. The van der Waals surface area contributed by atoms with Crippen molar-refractivity contribution >= 4 is 6.21 Å². The highest BCUT2D eigenvalue weighted by Gasteiger charge is 2.42. The van der Waals surface area contributed by atoms with Crippen LogP contribution in [0.4, 0.5) is 13.2 Å². The predicted octanol–water partition coefficient (Wildman–Crippen LogP) is 0.287. The molecule has 1 N–H and O–H groups in total. The van der Waals surface area contributed by atoms with E-state index in [-0.39, 0.29) is 6.20 Å².